The molecule has 0 saturated heterocycles. The number of aryl methyl sites for hydroxylation is 1. The Balaban J connectivity index is 2.35. The Bertz CT molecular complexity index is 253. The van der Waals surface area contributed by atoms with Crippen LogP contribution in [0, 0.1) is 5.92 Å². The number of nitrogens with zero attached hydrogens (tertiary/aromatic N) is 1. The molecule has 0 bridgehead atoms. The average Bonchev–Trinajstić information content (AvgIpc) is 2.59. The first-order valence-corrected chi connectivity index (χ1v) is 5.45. The van der Waals surface area contributed by atoms with Crippen LogP contribution in [-0.2, 0) is 13.0 Å². The van der Waals surface area contributed by atoms with Crippen LogP contribution in [-0.4, -0.2) is 16.5 Å². The lowest BCUT2D eigenvalue weighted by atomic mass is 10.1. The van der Waals surface area contributed by atoms with Crippen LogP contribution >= 0.6 is 0 Å². The minimum absolute atomic E-state index is 0.748. The molecule has 2 N–H and O–H groups in total. The third-order valence-corrected chi connectivity index (χ3v) is 2.21. The van der Waals surface area contributed by atoms with E-state index in [2.05, 4.69) is 36.1 Å². The molecule has 0 spiro atoms. The summed E-state index contributed by atoms with van der Waals surface area (Å²) in [6.07, 6.45) is 4.19. The number of aromatic nitrogens is 2. The summed E-state index contributed by atoms with van der Waals surface area (Å²) in [6.45, 7) is 8.48. The largest absolute Gasteiger partial charge is 0.345 e. The molecule has 14 heavy (non-hydrogen) atoms. The van der Waals surface area contributed by atoms with Gasteiger partial charge in [-0.2, -0.15) is 0 Å². The second-order valence-corrected chi connectivity index (χ2v) is 4.07. The van der Waals surface area contributed by atoms with Gasteiger partial charge in [0.1, 0.15) is 5.82 Å². The van der Waals surface area contributed by atoms with Gasteiger partial charge in [-0.05, 0) is 18.9 Å². The third-order valence-electron chi connectivity index (χ3n) is 2.21. The van der Waals surface area contributed by atoms with Gasteiger partial charge in [0.2, 0.25) is 0 Å². The number of rotatable bonds is 6. The Morgan fingerprint density at radius 3 is 2.93 bits per heavy atom. The SMILES string of the molecule is CCNCc1cnc(CCC(C)C)[nH]1. The van der Waals surface area contributed by atoms with E-state index in [0.29, 0.717) is 0 Å². The fraction of sp³-hybridized carbons (Fsp3) is 0.727. The van der Waals surface area contributed by atoms with E-state index in [9.17, 15) is 0 Å². The van der Waals surface area contributed by atoms with Gasteiger partial charge in [-0.1, -0.05) is 20.8 Å². The van der Waals surface area contributed by atoms with Gasteiger partial charge in [0.15, 0.2) is 0 Å². The highest BCUT2D eigenvalue weighted by Gasteiger charge is 2.01. The van der Waals surface area contributed by atoms with Crippen molar-refractivity contribution < 1.29 is 0 Å². The van der Waals surface area contributed by atoms with E-state index >= 15 is 0 Å². The minimum atomic E-state index is 0.748. The van der Waals surface area contributed by atoms with Gasteiger partial charge in [0.05, 0.1) is 0 Å². The standard InChI is InChI=1S/C11H21N3/c1-4-12-7-10-8-13-11(14-10)6-5-9(2)3/h8-9,12H,4-7H2,1-3H3,(H,13,14). The highest BCUT2D eigenvalue weighted by atomic mass is 15.0. The Morgan fingerprint density at radius 1 is 1.50 bits per heavy atom. The molecule has 0 aliphatic rings. The summed E-state index contributed by atoms with van der Waals surface area (Å²) in [5.41, 5.74) is 1.19. The summed E-state index contributed by atoms with van der Waals surface area (Å²) in [7, 11) is 0. The number of H-pyrrole nitrogens is 1. The van der Waals surface area contributed by atoms with Crippen LogP contribution in [0.4, 0.5) is 0 Å². The van der Waals surface area contributed by atoms with Crippen molar-refractivity contribution in [3.05, 3.63) is 17.7 Å². The molecule has 0 unspecified atom stereocenters. The second-order valence-electron chi connectivity index (χ2n) is 4.07. The summed E-state index contributed by atoms with van der Waals surface area (Å²) in [5.74, 6) is 1.86. The van der Waals surface area contributed by atoms with Gasteiger partial charge >= 0.3 is 0 Å². The molecule has 3 heteroatoms. The van der Waals surface area contributed by atoms with Crippen LogP contribution in [0.2, 0.25) is 0 Å². The molecule has 0 saturated carbocycles. The predicted molar refractivity (Wildman–Crippen MR) is 59.1 cm³/mol. The van der Waals surface area contributed by atoms with Crippen LogP contribution in [0.1, 0.15) is 38.7 Å². The zero-order valence-electron chi connectivity index (χ0n) is 9.43. The molecule has 0 fully saturated rings. The number of hydrogen-bond donors (Lipinski definition) is 2. The van der Waals surface area contributed by atoms with Gasteiger partial charge in [0.25, 0.3) is 0 Å². The number of hydrogen-bond acceptors (Lipinski definition) is 2. The Labute approximate surface area is 86.3 Å². The number of imidazole rings is 1. The lowest BCUT2D eigenvalue weighted by Gasteiger charge is -2.01. The molecule has 3 nitrogen and oxygen atoms in total. The number of aromatic amines is 1. The average molecular weight is 195 g/mol. The van der Waals surface area contributed by atoms with Crippen LogP contribution in [0.15, 0.2) is 6.20 Å². The van der Waals surface area contributed by atoms with Crippen molar-refractivity contribution in [3.63, 3.8) is 0 Å². The van der Waals surface area contributed by atoms with Gasteiger partial charge < -0.3 is 10.3 Å². The quantitative estimate of drug-likeness (QED) is 0.730. The molecule has 0 amide bonds. The van der Waals surface area contributed by atoms with Crippen molar-refractivity contribution in [3.8, 4) is 0 Å². The molecular weight excluding hydrogens is 174 g/mol. The summed E-state index contributed by atoms with van der Waals surface area (Å²) in [5, 5.41) is 3.27. The molecule has 0 radical (unpaired) electrons. The molecule has 0 aliphatic carbocycles. The Morgan fingerprint density at radius 2 is 2.29 bits per heavy atom. The molecule has 0 aliphatic heterocycles. The Hall–Kier alpha value is -0.830. The van der Waals surface area contributed by atoms with E-state index in [4.69, 9.17) is 0 Å². The first-order chi connectivity index (χ1) is 6.72. The molecule has 0 atom stereocenters. The summed E-state index contributed by atoms with van der Waals surface area (Å²) >= 11 is 0. The maximum atomic E-state index is 4.35. The molecule has 0 aromatic carbocycles. The summed E-state index contributed by atoms with van der Waals surface area (Å²) < 4.78 is 0. The normalized spacial score (nSPS) is 11.1. The zero-order valence-corrected chi connectivity index (χ0v) is 9.43. The van der Waals surface area contributed by atoms with Crippen molar-refractivity contribution in [1.29, 1.82) is 0 Å². The van der Waals surface area contributed by atoms with E-state index in [1.165, 1.54) is 12.1 Å². The van der Waals surface area contributed by atoms with Crippen molar-refractivity contribution >= 4 is 0 Å². The van der Waals surface area contributed by atoms with E-state index in [1.807, 2.05) is 6.20 Å². The molecule has 1 aromatic rings. The summed E-state index contributed by atoms with van der Waals surface area (Å²) in [4.78, 5) is 7.68. The molecular formula is C11H21N3. The smallest absolute Gasteiger partial charge is 0.106 e. The molecule has 80 valence electrons. The topological polar surface area (TPSA) is 40.7 Å². The van der Waals surface area contributed by atoms with Gasteiger partial charge in [0, 0.05) is 24.9 Å². The van der Waals surface area contributed by atoms with Gasteiger partial charge in [-0.15, -0.1) is 0 Å². The third kappa shape index (κ3) is 3.92. The van der Waals surface area contributed by atoms with Crippen LogP contribution < -0.4 is 5.32 Å². The maximum absolute atomic E-state index is 4.35. The zero-order chi connectivity index (χ0) is 10.4. The van der Waals surface area contributed by atoms with E-state index < -0.39 is 0 Å². The van der Waals surface area contributed by atoms with Crippen LogP contribution in [0.5, 0.6) is 0 Å². The molecule has 1 rings (SSSR count). The van der Waals surface area contributed by atoms with Gasteiger partial charge in [-0.25, -0.2) is 4.98 Å². The van der Waals surface area contributed by atoms with Gasteiger partial charge in [-0.3, -0.25) is 0 Å². The lowest BCUT2D eigenvalue weighted by molar-refractivity contribution is 0.576. The minimum Gasteiger partial charge on any atom is -0.345 e. The highest BCUT2D eigenvalue weighted by molar-refractivity contribution is 5.01. The first-order valence-electron chi connectivity index (χ1n) is 5.45. The summed E-state index contributed by atoms with van der Waals surface area (Å²) in [6, 6.07) is 0. The van der Waals surface area contributed by atoms with E-state index in [1.54, 1.807) is 0 Å². The van der Waals surface area contributed by atoms with E-state index in [-0.39, 0.29) is 0 Å². The molecule has 1 heterocycles. The second kappa shape index (κ2) is 5.81. The predicted octanol–water partition coefficient (Wildman–Crippen LogP) is 2.11. The van der Waals surface area contributed by atoms with Crippen molar-refractivity contribution in [2.45, 2.75) is 40.2 Å². The fourth-order valence-electron chi connectivity index (χ4n) is 1.31. The highest BCUT2D eigenvalue weighted by Crippen LogP contribution is 2.06. The van der Waals surface area contributed by atoms with E-state index in [0.717, 1.165) is 31.3 Å². The van der Waals surface area contributed by atoms with Crippen molar-refractivity contribution in [1.82, 2.24) is 15.3 Å². The Kier molecular flexibility index (Phi) is 4.66. The van der Waals surface area contributed by atoms with Crippen molar-refractivity contribution in [2.24, 2.45) is 5.92 Å². The molecule has 1 aromatic heterocycles. The van der Waals surface area contributed by atoms with Crippen molar-refractivity contribution in [2.75, 3.05) is 6.54 Å². The maximum Gasteiger partial charge on any atom is 0.106 e. The first kappa shape index (κ1) is 11.2. The fourth-order valence-corrected chi connectivity index (χ4v) is 1.31. The van der Waals surface area contributed by atoms with Crippen LogP contribution in [0.25, 0.3) is 0 Å². The number of nitrogens with one attached hydrogen (secondary N) is 2. The lowest BCUT2D eigenvalue weighted by Crippen LogP contribution is -2.11. The monoisotopic (exact) mass is 195 g/mol. The van der Waals surface area contributed by atoms with Crippen LogP contribution in [0.3, 0.4) is 0 Å².